The summed E-state index contributed by atoms with van der Waals surface area (Å²) in [6, 6.07) is 6.71. The number of piperazine rings is 1. The van der Waals surface area contributed by atoms with Crippen molar-refractivity contribution in [2.24, 2.45) is 0 Å². The van der Waals surface area contributed by atoms with Crippen LogP contribution in [0.1, 0.15) is 42.4 Å². The summed E-state index contributed by atoms with van der Waals surface area (Å²) in [6.45, 7) is 6.94. The molecule has 1 aromatic carbocycles. The Bertz CT molecular complexity index is 497. The van der Waals surface area contributed by atoms with E-state index in [1.165, 1.54) is 29.5 Å². The van der Waals surface area contributed by atoms with Crippen molar-refractivity contribution in [2.45, 2.75) is 51.6 Å². The van der Waals surface area contributed by atoms with Crippen LogP contribution < -0.4 is 5.32 Å². The minimum atomic E-state index is -0.226. The predicted octanol–water partition coefficient (Wildman–Crippen LogP) is 2.55. The highest BCUT2D eigenvalue weighted by molar-refractivity contribution is 5.87. The molecule has 0 bridgehead atoms. The summed E-state index contributed by atoms with van der Waals surface area (Å²) in [4.78, 5) is 14.8. The Hall–Kier alpha value is -1.35. The Morgan fingerprint density at radius 1 is 1.15 bits per heavy atom. The zero-order chi connectivity index (χ0) is 14.2. The lowest BCUT2D eigenvalue weighted by molar-refractivity contribution is -0.137. The number of aryl methyl sites for hydroxylation is 2. The Kier molecular flexibility index (Phi) is 3.55. The van der Waals surface area contributed by atoms with Crippen molar-refractivity contribution in [2.75, 3.05) is 13.1 Å². The van der Waals surface area contributed by atoms with Crippen LogP contribution in [0.4, 0.5) is 0 Å². The first-order chi connectivity index (χ1) is 9.60. The second-order valence-electron chi connectivity index (χ2n) is 6.41. The second kappa shape index (κ2) is 5.21. The van der Waals surface area contributed by atoms with Gasteiger partial charge in [0.05, 0.1) is 0 Å². The van der Waals surface area contributed by atoms with Crippen LogP contribution in [0, 0.1) is 13.8 Å². The highest BCUT2D eigenvalue weighted by Crippen LogP contribution is 2.37. The largest absolute Gasteiger partial charge is 0.353 e. The first kappa shape index (κ1) is 13.6. The molecule has 108 valence electrons. The van der Waals surface area contributed by atoms with Crippen LogP contribution in [0.3, 0.4) is 0 Å². The number of nitrogens with one attached hydrogen (secondary N) is 1. The van der Waals surface area contributed by atoms with E-state index in [-0.39, 0.29) is 11.4 Å². The number of benzene rings is 1. The molecule has 0 radical (unpaired) electrons. The smallest absolute Gasteiger partial charge is 0.240 e. The van der Waals surface area contributed by atoms with Gasteiger partial charge in [0, 0.05) is 19.6 Å². The zero-order valence-corrected chi connectivity index (χ0v) is 12.5. The molecule has 2 aliphatic rings. The molecule has 1 aromatic rings. The number of rotatable bonds is 2. The molecule has 1 saturated heterocycles. The van der Waals surface area contributed by atoms with Crippen molar-refractivity contribution < 1.29 is 4.79 Å². The SMILES string of the molecule is Cc1cc(C)cc(CN2CCNC(=O)C23CCCC3)c1. The van der Waals surface area contributed by atoms with Crippen molar-refractivity contribution in [1.29, 1.82) is 0 Å². The number of carbonyl (C=O) groups is 1. The van der Waals surface area contributed by atoms with E-state index >= 15 is 0 Å². The molecule has 3 rings (SSSR count). The molecule has 0 atom stereocenters. The number of amides is 1. The standard InChI is InChI=1S/C17H24N2O/c1-13-9-14(2)11-15(10-13)12-19-8-7-18-16(20)17(19)5-3-4-6-17/h9-11H,3-8,12H2,1-2H3,(H,18,20). The highest BCUT2D eigenvalue weighted by Gasteiger charge is 2.47. The van der Waals surface area contributed by atoms with E-state index in [0.29, 0.717) is 0 Å². The van der Waals surface area contributed by atoms with Crippen LogP contribution in [0.25, 0.3) is 0 Å². The van der Waals surface area contributed by atoms with Gasteiger partial charge in [0.15, 0.2) is 0 Å². The van der Waals surface area contributed by atoms with Crippen molar-refractivity contribution >= 4 is 5.91 Å². The molecule has 20 heavy (non-hydrogen) atoms. The predicted molar refractivity (Wildman–Crippen MR) is 80.5 cm³/mol. The van der Waals surface area contributed by atoms with Gasteiger partial charge in [0.25, 0.3) is 0 Å². The molecular formula is C17H24N2O. The van der Waals surface area contributed by atoms with Gasteiger partial charge in [-0.25, -0.2) is 0 Å². The molecule has 0 unspecified atom stereocenters. The first-order valence-corrected chi connectivity index (χ1v) is 7.71. The molecule has 1 heterocycles. The van der Waals surface area contributed by atoms with E-state index in [2.05, 4.69) is 42.3 Å². The van der Waals surface area contributed by atoms with Crippen LogP contribution in [-0.4, -0.2) is 29.4 Å². The van der Waals surface area contributed by atoms with Gasteiger partial charge in [-0.05, 0) is 32.3 Å². The van der Waals surface area contributed by atoms with Gasteiger partial charge in [-0.15, -0.1) is 0 Å². The van der Waals surface area contributed by atoms with Crippen LogP contribution in [0.2, 0.25) is 0 Å². The molecule has 1 spiro atoms. The Balaban J connectivity index is 1.86. The molecule has 1 N–H and O–H groups in total. The van der Waals surface area contributed by atoms with Crippen molar-refractivity contribution in [1.82, 2.24) is 10.2 Å². The lowest BCUT2D eigenvalue weighted by Gasteiger charge is -2.43. The lowest BCUT2D eigenvalue weighted by atomic mass is 9.91. The third kappa shape index (κ3) is 2.35. The van der Waals surface area contributed by atoms with E-state index in [9.17, 15) is 4.79 Å². The Labute approximate surface area is 121 Å². The highest BCUT2D eigenvalue weighted by atomic mass is 16.2. The summed E-state index contributed by atoms with van der Waals surface area (Å²) in [5.74, 6) is 0.255. The maximum Gasteiger partial charge on any atom is 0.240 e. The van der Waals surface area contributed by atoms with Gasteiger partial charge >= 0.3 is 0 Å². The molecule has 3 nitrogen and oxygen atoms in total. The molecule has 1 aliphatic heterocycles. The van der Waals surface area contributed by atoms with Crippen LogP contribution in [0.5, 0.6) is 0 Å². The van der Waals surface area contributed by atoms with E-state index in [1.807, 2.05) is 0 Å². The van der Waals surface area contributed by atoms with Gasteiger partial charge < -0.3 is 5.32 Å². The fourth-order valence-corrected chi connectivity index (χ4v) is 3.94. The van der Waals surface area contributed by atoms with Gasteiger partial charge in [0.1, 0.15) is 5.54 Å². The lowest BCUT2D eigenvalue weighted by Crippen LogP contribution is -2.63. The fraction of sp³-hybridized carbons (Fsp3) is 0.588. The summed E-state index contributed by atoms with van der Waals surface area (Å²) in [7, 11) is 0. The Morgan fingerprint density at radius 2 is 1.80 bits per heavy atom. The van der Waals surface area contributed by atoms with Gasteiger partial charge in [-0.3, -0.25) is 9.69 Å². The van der Waals surface area contributed by atoms with E-state index in [4.69, 9.17) is 0 Å². The van der Waals surface area contributed by atoms with Crippen LogP contribution in [-0.2, 0) is 11.3 Å². The van der Waals surface area contributed by atoms with Crippen LogP contribution >= 0.6 is 0 Å². The molecule has 3 heteroatoms. The summed E-state index contributed by atoms with van der Waals surface area (Å²) in [5.41, 5.74) is 3.72. The monoisotopic (exact) mass is 272 g/mol. The van der Waals surface area contributed by atoms with Crippen molar-refractivity contribution in [3.8, 4) is 0 Å². The number of hydrogen-bond acceptors (Lipinski definition) is 2. The van der Waals surface area contributed by atoms with Gasteiger partial charge in [-0.2, -0.15) is 0 Å². The van der Waals surface area contributed by atoms with Crippen molar-refractivity contribution in [3.05, 3.63) is 34.9 Å². The third-order valence-corrected chi connectivity index (χ3v) is 4.78. The summed E-state index contributed by atoms with van der Waals surface area (Å²) < 4.78 is 0. The van der Waals surface area contributed by atoms with E-state index < -0.39 is 0 Å². The normalized spacial score (nSPS) is 22.2. The van der Waals surface area contributed by atoms with Gasteiger partial charge in [0.2, 0.25) is 5.91 Å². The number of hydrogen-bond donors (Lipinski definition) is 1. The first-order valence-electron chi connectivity index (χ1n) is 7.71. The summed E-state index contributed by atoms with van der Waals surface area (Å²) in [6.07, 6.45) is 4.39. The van der Waals surface area contributed by atoms with Gasteiger partial charge in [-0.1, -0.05) is 42.2 Å². The molecule has 1 aliphatic carbocycles. The van der Waals surface area contributed by atoms with Crippen LogP contribution in [0.15, 0.2) is 18.2 Å². The quantitative estimate of drug-likeness (QED) is 0.897. The van der Waals surface area contributed by atoms with E-state index in [1.54, 1.807) is 0 Å². The minimum Gasteiger partial charge on any atom is -0.353 e. The molecule has 1 amide bonds. The second-order valence-corrected chi connectivity index (χ2v) is 6.41. The molecule has 0 aromatic heterocycles. The average Bonchev–Trinajstić information content (AvgIpc) is 2.85. The summed E-state index contributed by atoms with van der Waals surface area (Å²) in [5, 5.41) is 3.07. The van der Waals surface area contributed by atoms with E-state index in [0.717, 1.165) is 32.5 Å². The Morgan fingerprint density at radius 3 is 2.45 bits per heavy atom. The maximum absolute atomic E-state index is 12.4. The number of carbonyl (C=O) groups excluding carboxylic acids is 1. The summed E-state index contributed by atoms with van der Waals surface area (Å²) >= 11 is 0. The van der Waals surface area contributed by atoms with Crippen molar-refractivity contribution in [3.63, 3.8) is 0 Å². The molecule has 1 saturated carbocycles. The minimum absolute atomic E-state index is 0.226. The fourth-order valence-electron chi connectivity index (χ4n) is 3.94. The zero-order valence-electron chi connectivity index (χ0n) is 12.5. The average molecular weight is 272 g/mol. The number of nitrogens with zero attached hydrogens (tertiary/aromatic N) is 1. The molecule has 2 fully saturated rings. The third-order valence-electron chi connectivity index (χ3n) is 4.78. The molecular weight excluding hydrogens is 248 g/mol. The maximum atomic E-state index is 12.4. The topological polar surface area (TPSA) is 32.3 Å².